The van der Waals surface area contributed by atoms with E-state index < -0.39 is 4.92 Å². The van der Waals surface area contributed by atoms with E-state index >= 15 is 0 Å². The lowest BCUT2D eigenvalue weighted by Gasteiger charge is -2.29. The van der Waals surface area contributed by atoms with Crippen LogP contribution < -0.4 is 9.64 Å². The standard InChI is InChI=1S/C11H14N2O4/c1-16-11-3-2-9(13(14)15)8-10(11)12-4-6-17-7-5-12/h2-3,8H,4-7H2,1H3. The number of hydrogen-bond acceptors (Lipinski definition) is 5. The maximum absolute atomic E-state index is 10.8. The van der Waals surface area contributed by atoms with Crippen LogP contribution in [0.5, 0.6) is 5.75 Å². The van der Waals surface area contributed by atoms with Gasteiger partial charge in [-0.2, -0.15) is 0 Å². The van der Waals surface area contributed by atoms with Gasteiger partial charge in [0.1, 0.15) is 5.75 Å². The molecule has 0 atom stereocenters. The zero-order valence-corrected chi connectivity index (χ0v) is 9.59. The number of ether oxygens (including phenoxy) is 2. The second-order valence-electron chi connectivity index (χ2n) is 3.71. The van der Waals surface area contributed by atoms with Gasteiger partial charge in [-0.1, -0.05) is 0 Å². The topological polar surface area (TPSA) is 64.8 Å². The van der Waals surface area contributed by atoms with Gasteiger partial charge in [-0.05, 0) is 6.07 Å². The van der Waals surface area contributed by atoms with Crippen LogP contribution in [0, 0.1) is 10.1 Å². The van der Waals surface area contributed by atoms with Gasteiger partial charge < -0.3 is 14.4 Å². The maximum atomic E-state index is 10.8. The summed E-state index contributed by atoms with van der Waals surface area (Å²) >= 11 is 0. The van der Waals surface area contributed by atoms with Crippen LogP contribution in [0.3, 0.4) is 0 Å². The highest BCUT2D eigenvalue weighted by molar-refractivity contribution is 5.63. The summed E-state index contributed by atoms with van der Waals surface area (Å²) in [5.74, 6) is 0.650. The molecule has 2 rings (SSSR count). The van der Waals surface area contributed by atoms with Crippen LogP contribution in [0.4, 0.5) is 11.4 Å². The molecule has 0 saturated carbocycles. The monoisotopic (exact) mass is 238 g/mol. The summed E-state index contributed by atoms with van der Waals surface area (Å²) in [4.78, 5) is 12.4. The Kier molecular flexibility index (Phi) is 3.43. The third-order valence-corrected chi connectivity index (χ3v) is 2.73. The molecule has 0 radical (unpaired) electrons. The molecular weight excluding hydrogens is 224 g/mol. The van der Waals surface area contributed by atoms with Crippen LogP contribution in [-0.4, -0.2) is 38.3 Å². The van der Waals surface area contributed by atoms with E-state index in [4.69, 9.17) is 9.47 Å². The van der Waals surface area contributed by atoms with Crippen LogP contribution in [-0.2, 0) is 4.74 Å². The van der Waals surface area contributed by atoms with Crippen molar-refractivity contribution in [1.29, 1.82) is 0 Å². The fraction of sp³-hybridized carbons (Fsp3) is 0.455. The Balaban J connectivity index is 2.34. The molecule has 0 N–H and O–H groups in total. The van der Waals surface area contributed by atoms with E-state index in [-0.39, 0.29) is 5.69 Å². The number of nitro benzene ring substituents is 1. The Morgan fingerprint density at radius 2 is 2.12 bits per heavy atom. The largest absolute Gasteiger partial charge is 0.495 e. The van der Waals surface area contributed by atoms with Gasteiger partial charge in [-0.15, -0.1) is 0 Å². The lowest BCUT2D eigenvalue weighted by molar-refractivity contribution is -0.384. The maximum Gasteiger partial charge on any atom is 0.271 e. The Morgan fingerprint density at radius 3 is 2.71 bits per heavy atom. The van der Waals surface area contributed by atoms with Crippen molar-refractivity contribution in [3.63, 3.8) is 0 Å². The number of benzene rings is 1. The SMILES string of the molecule is COc1ccc([N+](=O)[O-])cc1N1CCOCC1. The Labute approximate surface area is 98.9 Å². The van der Waals surface area contributed by atoms with Gasteiger partial charge in [0.25, 0.3) is 5.69 Å². The van der Waals surface area contributed by atoms with E-state index in [2.05, 4.69) is 0 Å². The van der Waals surface area contributed by atoms with E-state index in [0.717, 1.165) is 18.8 Å². The molecule has 0 bridgehead atoms. The number of anilines is 1. The second-order valence-corrected chi connectivity index (χ2v) is 3.71. The predicted molar refractivity (Wildman–Crippen MR) is 62.7 cm³/mol. The second kappa shape index (κ2) is 5.01. The summed E-state index contributed by atoms with van der Waals surface area (Å²) in [5, 5.41) is 10.8. The average molecular weight is 238 g/mol. The fourth-order valence-corrected chi connectivity index (χ4v) is 1.84. The molecule has 1 aromatic carbocycles. The number of hydrogen-bond donors (Lipinski definition) is 0. The number of nitro groups is 1. The number of methoxy groups -OCH3 is 1. The van der Waals surface area contributed by atoms with Gasteiger partial charge in [-0.3, -0.25) is 10.1 Å². The van der Waals surface area contributed by atoms with Crippen molar-refractivity contribution in [3.05, 3.63) is 28.3 Å². The Bertz CT molecular complexity index is 416. The molecule has 6 nitrogen and oxygen atoms in total. The summed E-state index contributed by atoms with van der Waals surface area (Å²) < 4.78 is 10.5. The van der Waals surface area contributed by atoms with Crippen LogP contribution in [0.2, 0.25) is 0 Å². The zero-order chi connectivity index (χ0) is 12.3. The lowest BCUT2D eigenvalue weighted by atomic mass is 10.2. The molecule has 6 heteroatoms. The Morgan fingerprint density at radius 1 is 1.41 bits per heavy atom. The molecule has 0 unspecified atom stereocenters. The predicted octanol–water partition coefficient (Wildman–Crippen LogP) is 1.44. The van der Waals surface area contributed by atoms with Crippen molar-refractivity contribution >= 4 is 11.4 Å². The highest BCUT2D eigenvalue weighted by Gasteiger charge is 2.18. The molecule has 17 heavy (non-hydrogen) atoms. The molecule has 0 amide bonds. The van der Waals surface area contributed by atoms with Crippen molar-refractivity contribution in [2.24, 2.45) is 0 Å². The number of nitrogens with zero attached hydrogens (tertiary/aromatic N) is 2. The van der Waals surface area contributed by atoms with Gasteiger partial charge in [0.2, 0.25) is 0 Å². The molecule has 1 aromatic rings. The van der Waals surface area contributed by atoms with Crippen molar-refractivity contribution < 1.29 is 14.4 Å². The van der Waals surface area contributed by atoms with E-state index in [9.17, 15) is 10.1 Å². The molecule has 0 spiro atoms. The van der Waals surface area contributed by atoms with Crippen LogP contribution >= 0.6 is 0 Å². The molecule has 0 aromatic heterocycles. The number of non-ortho nitro benzene ring substituents is 1. The molecule has 1 heterocycles. The summed E-state index contributed by atoms with van der Waals surface area (Å²) in [6.45, 7) is 2.70. The highest BCUT2D eigenvalue weighted by Crippen LogP contribution is 2.32. The lowest BCUT2D eigenvalue weighted by Crippen LogP contribution is -2.36. The van der Waals surface area contributed by atoms with Gasteiger partial charge in [0.05, 0.1) is 30.9 Å². The summed E-state index contributed by atoms with van der Waals surface area (Å²) in [6.07, 6.45) is 0. The first-order valence-corrected chi connectivity index (χ1v) is 5.37. The smallest absolute Gasteiger partial charge is 0.271 e. The molecule has 1 aliphatic heterocycles. The van der Waals surface area contributed by atoms with Gasteiger partial charge >= 0.3 is 0 Å². The molecule has 1 fully saturated rings. The van der Waals surface area contributed by atoms with E-state index in [1.165, 1.54) is 6.07 Å². The quantitative estimate of drug-likeness (QED) is 0.589. The third kappa shape index (κ3) is 2.47. The first-order valence-electron chi connectivity index (χ1n) is 5.37. The fourth-order valence-electron chi connectivity index (χ4n) is 1.84. The first kappa shape index (κ1) is 11.7. The summed E-state index contributed by atoms with van der Waals surface area (Å²) in [7, 11) is 1.56. The minimum atomic E-state index is -0.399. The minimum absolute atomic E-state index is 0.0762. The average Bonchev–Trinajstić information content (AvgIpc) is 2.39. The molecular formula is C11H14N2O4. The minimum Gasteiger partial charge on any atom is -0.495 e. The number of morpholine rings is 1. The summed E-state index contributed by atoms with van der Waals surface area (Å²) in [6, 6.07) is 4.62. The van der Waals surface area contributed by atoms with Crippen molar-refractivity contribution in [2.45, 2.75) is 0 Å². The van der Waals surface area contributed by atoms with E-state index in [1.807, 2.05) is 4.90 Å². The normalized spacial score (nSPS) is 15.7. The van der Waals surface area contributed by atoms with E-state index in [0.29, 0.717) is 19.0 Å². The van der Waals surface area contributed by atoms with Gasteiger partial charge in [0, 0.05) is 25.2 Å². The van der Waals surface area contributed by atoms with E-state index in [1.54, 1.807) is 19.2 Å². The Hall–Kier alpha value is -1.82. The van der Waals surface area contributed by atoms with Gasteiger partial charge in [-0.25, -0.2) is 0 Å². The zero-order valence-electron chi connectivity index (χ0n) is 9.59. The molecule has 1 aliphatic rings. The first-order chi connectivity index (χ1) is 8.22. The molecule has 92 valence electrons. The molecule has 1 saturated heterocycles. The van der Waals surface area contributed by atoms with Crippen molar-refractivity contribution in [1.82, 2.24) is 0 Å². The third-order valence-electron chi connectivity index (χ3n) is 2.73. The van der Waals surface area contributed by atoms with Crippen LogP contribution in [0.25, 0.3) is 0 Å². The summed E-state index contributed by atoms with van der Waals surface area (Å²) in [5.41, 5.74) is 0.831. The highest BCUT2D eigenvalue weighted by atomic mass is 16.6. The van der Waals surface area contributed by atoms with Crippen molar-refractivity contribution in [2.75, 3.05) is 38.3 Å². The van der Waals surface area contributed by atoms with Gasteiger partial charge in [0.15, 0.2) is 0 Å². The number of rotatable bonds is 3. The molecule has 0 aliphatic carbocycles. The van der Waals surface area contributed by atoms with Crippen LogP contribution in [0.1, 0.15) is 0 Å². The van der Waals surface area contributed by atoms with Crippen molar-refractivity contribution in [3.8, 4) is 5.75 Å². The van der Waals surface area contributed by atoms with Crippen LogP contribution in [0.15, 0.2) is 18.2 Å².